The number of rotatable bonds is 5. The number of nitrogens with two attached hydrogens (primary N) is 1. The molecule has 0 aromatic rings. The summed E-state index contributed by atoms with van der Waals surface area (Å²) in [6, 6.07) is 0.179. The van der Waals surface area contributed by atoms with Gasteiger partial charge in [0.2, 0.25) is 5.91 Å². The fourth-order valence-electron chi connectivity index (χ4n) is 2.48. The summed E-state index contributed by atoms with van der Waals surface area (Å²) in [6.07, 6.45) is 1.08. The highest BCUT2D eigenvalue weighted by atomic mass is 35.5. The SMILES string of the molecule is CCN(CC)C1CCN(C(=O)[C@H](N)C(C)C)C1.Cl.Cl. The third-order valence-electron chi connectivity index (χ3n) is 3.81. The van der Waals surface area contributed by atoms with Crippen LogP contribution >= 0.6 is 24.8 Å². The molecule has 2 N–H and O–H groups in total. The number of likely N-dealkylation sites (N-methyl/N-ethyl adjacent to an activating group) is 1. The van der Waals surface area contributed by atoms with Crippen molar-refractivity contribution in [3.8, 4) is 0 Å². The van der Waals surface area contributed by atoms with Gasteiger partial charge >= 0.3 is 0 Å². The Morgan fingerprint density at radius 1 is 1.32 bits per heavy atom. The van der Waals surface area contributed by atoms with Crippen LogP contribution in [0.15, 0.2) is 0 Å². The lowest BCUT2D eigenvalue weighted by molar-refractivity contribution is -0.132. The minimum atomic E-state index is -0.342. The second-order valence-corrected chi connectivity index (χ2v) is 5.22. The highest BCUT2D eigenvalue weighted by molar-refractivity contribution is 5.85. The molecule has 1 unspecified atom stereocenters. The average molecular weight is 314 g/mol. The molecule has 0 bridgehead atoms. The van der Waals surface area contributed by atoms with Crippen LogP contribution < -0.4 is 5.73 Å². The summed E-state index contributed by atoms with van der Waals surface area (Å²) in [6.45, 7) is 12.2. The first-order valence-electron chi connectivity index (χ1n) is 6.79. The molecule has 2 atom stereocenters. The van der Waals surface area contributed by atoms with E-state index in [1.807, 2.05) is 18.7 Å². The minimum Gasteiger partial charge on any atom is -0.340 e. The molecule has 1 fully saturated rings. The monoisotopic (exact) mass is 313 g/mol. The topological polar surface area (TPSA) is 49.6 Å². The number of carbonyl (C=O) groups is 1. The molecule has 4 nitrogen and oxygen atoms in total. The summed E-state index contributed by atoms with van der Waals surface area (Å²) in [4.78, 5) is 16.5. The fourth-order valence-corrected chi connectivity index (χ4v) is 2.48. The Bertz CT molecular complexity index is 260. The molecule has 0 saturated carbocycles. The highest BCUT2D eigenvalue weighted by Crippen LogP contribution is 2.17. The van der Waals surface area contributed by atoms with E-state index in [2.05, 4.69) is 18.7 Å². The molecule has 116 valence electrons. The molecule has 19 heavy (non-hydrogen) atoms. The average Bonchev–Trinajstić information content (AvgIpc) is 2.78. The second kappa shape index (κ2) is 9.81. The highest BCUT2D eigenvalue weighted by Gasteiger charge is 2.32. The zero-order chi connectivity index (χ0) is 13.0. The van der Waals surface area contributed by atoms with Crippen molar-refractivity contribution in [2.24, 2.45) is 11.7 Å². The first-order valence-corrected chi connectivity index (χ1v) is 6.79. The van der Waals surface area contributed by atoms with E-state index in [-0.39, 0.29) is 42.7 Å². The Hall–Kier alpha value is -0.0300. The lowest BCUT2D eigenvalue weighted by atomic mass is 10.0. The van der Waals surface area contributed by atoms with E-state index in [0.717, 1.165) is 32.6 Å². The molecule has 0 aromatic carbocycles. The van der Waals surface area contributed by atoms with Crippen molar-refractivity contribution in [2.75, 3.05) is 26.2 Å². The molecule has 0 aromatic heterocycles. The van der Waals surface area contributed by atoms with Gasteiger partial charge in [0.1, 0.15) is 0 Å². The van der Waals surface area contributed by atoms with Crippen LogP contribution in [-0.2, 0) is 4.79 Å². The second-order valence-electron chi connectivity index (χ2n) is 5.22. The van der Waals surface area contributed by atoms with Crippen LogP contribution in [0.4, 0.5) is 0 Å². The third kappa shape index (κ3) is 5.46. The van der Waals surface area contributed by atoms with Crippen LogP contribution in [0, 0.1) is 5.92 Å². The van der Waals surface area contributed by atoms with E-state index >= 15 is 0 Å². The Morgan fingerprint density at radius 2 is 1.84 bits per heavy atom. The van der Waals surface area contributed by atoms with E-state index < -0.39 is 0 Å². The zero-order valence-electron chi connectivity index (χ0n) is 12.5. The van der Waals surface area contributed by atoms with Gasteiger partial charge in [0.05, 0.1) is 6.04 Å². The number of carbonyl (C=O) groups excluding carboxylic acids is 1. The van der Waals surface area contributed by atoms with Crippen molar-refractivity contribution >= 4 is 30.7 Å². The van der Waals surface area contributed by atoms with Gasteiger partial charge < -0.3 is 10.6 Å². The number of likely N-dealkylation sites (tertiary alicyclic amines) is 1. The number of nitrogens with zero attached hydrogens (tertiary/aromatic N) is 2. The maximum atomic E-state index is 12.1. The van der Waals surface area contributed by atoms with E-state index in [9.17, 15) is 4.79 Å². The van der Waals surface area contributed by atoms with Crippen LogP contribution in [0.1, 0.15) is 34.1 Å². The van der Waals surface area contributed by atoms with Gasteiger partial charge in [0.25, 0.3) is 0 Å². The summed E-state index contributed by atoms with van der Waals surface area (Å²) < 4.78 is 0. The van der Waals surface area contributed by atoms with E-state index in [0.29, 0.717) is 6.04 Å². The van der Waals surface area contributed by atoms with E-state index in [4.69, 9.17) is 5.73 Å². The Morgan fingerprint density at radius 3 is 2.26 bits per heavy atom. The van der Waals surface area contributed by atoms with Crippen LogP contribution in [0.2, 0.25) is 0 Å². The zero-order valence-corrected chi connectivity index (χ0v) is 14.1. The Labute approximate surface area is 129 Å². The van der Waals surface area contributed by atoms with Crippen LogP contribution in [-0.4, -0.2) is 54.0 Å². The maximum absolute atomic E-state index is 12.1. The number of amides is 1. The van der Waals surface area contributed by atoms with Crippen molar-refractivity contribution in [2.45, 2.75) is 46.2 Å². The van der Waals surface area contributed by atoms with Crippen LogP contribution in [0.25, 0.3) is 0 Å². The van der Waals surface area contributed by atoms with E-state index in [1.165, 1.54) is 0 Å². The molecule has 0 radical (unpaired) electrons. The van der Waals surface area contributed by atoms with Gasteiger partial charge in [-0.05, 0) is 25.4 Å². The number of hydrogen-bond donors (Lipinski definition) is 1. The lowest BCUT2D eigenvalue weighted by Gasteiger charge is -2.27. The van der Waals surface area contributed by atoms with Gasteiger partial charge in [0.15, 0.2) is 0 Å². The molecule has 1 saturated heterocycles. The fraction of sp³-hybridized carbons (Fsp3) is 0.923. The molecule has 1 rings (SSSR count). The first-order chi connectivity index (χ1) is 8.01. The summed E-state index contributed by atoms with van der Waals surface area (Å²) in [5.74, 6) is 0.338. The molecule has 1 aliphatic rings. The summed E-state index contributed by atoms with van der Waals surface area (Å²) in [7, 11) is 0. The normalized spacial score (nSPS) is 20.2. The predicted octanol–water partition coefficient (Wildman–Crippen LogP) is 1.76. The van der Waals surface area contributed by atoms with Gasteiger partial charge in [0, 0.05) is 19.1 Å². The molecular formula is C13H29Cl2N3O. The van der Waals surface area contributed by atoms with Gasteiger partial charge in [-0.1, -0.05) is 27.7 Å². The van der Waals surface area contributed by atoms with Crippen molar-refractivity contribution in [3.05, 3.63) is 0 Å². The van der Waals surface area contributed by atoms with Crippen LogP contribution in [0.5, 0.6) is 0 Å². The summed E-state index contributed by atoms with van der Waals surface area (Å²) >= 11 is 0. The third-order valence-corrected chi connectivity index (χ3v) is 3.81. The van der Waals surface area contributed by atoms with Gasteiger partial charge in [-0.15, -0.1) is 24.8 Å². The minimum absolute atomic E-state index is 0. The first kappa shape index (κ1) is 21.3. The van der Waals surface area contributed by atoms with Crippen molar-refractivity contribution in [3.63, 3.8) is 0 Å². The summed E-state index contributed by atoms with van der Waals surface area (Å²) in [5.41, 5.74) is 5.92. The molecule has 1 heterocycles. The smallest absolute Gasteiger partial charge is 0.239 e. The molecule has 1 amide bonds. The Kier molecular flexibility index (Phi) is 11.0. The van der Waals surface area contributed by atoms with Gasteiger partial charge in [-0.25, -0.2) is 0 Å². The maximum Gasteiger partial charge on any atom is 0.239 e. The van der Waals surface area contributed by atoms with E-state index in [1.54, 1.807) is 0 Å². The van der Waals surface area contributed by atoms with Crippen LogP contribution in [0.3, 0.4) is 0 Å². The predicted molar refractivity (Wildman–Crippen MR) is 85.2 cm³/mol. The standard InChI is InChI=1S/C13H27N3O.2ClH/c1-5-15(6-2)11-7-8-16(9-11)13(17)12(14)10(3)4;;/h10-12H,5-9,14H2,1-4H3;2*1H/t11?,12-;;/m1../s1. The molecule has 0 aliphatic carbocycles. The largest absolute Gasteiger partial charge is 0.340 e. The lowest BCUT2D eigenvalue weighted by Crippen LogP contribution is -2.47. The Balaban J connectivity index is 0. The van der Waals surface area contributed by atoms with Gasteiger partial charge in [-0.2, -0.15) is 0 Å². The molecule has 6 heteroatoms. The molecule has 1 aliphatic heterocycles. The van der Waals surface area contributed by atoms with Gasteiger partial charge in [-0.3, -0.25) is 9.69 Å². The molecule has 0 spiro atoms. The number of hydrogen-bond acceptors (Lipinski definition) is 3. The summed E-state index contributed by atoms with van der Waals surface area (Å²) in [5, 5.41) is 0. The van der Waals surface area contributed by atoms with Crippen molar-refractivity contribution in [1.82, 2.24) is 9.80 Å². The molecular weight excluding hydrogens is 285 g/mol. The van der Waals surface area contributed by atoms with Crippen molar-refractivity contribution < 1.29 is 4.79 Å². The number of halogens is 2. The quantitative estimate of drug-likeness (QED) is 0.841. The van der Waals surface area contributed by atoms with Crippen molar-refractivity contribution in [1.29, 1.82) is 0 Å².